The first kappa shape index (κ1) is 15.6. The summed E-state index contributed by atoms with van der Waals surface area (Å²) < 4.78 is 5.57. The second-order valence-electron chi connectivity index (χ2n) is 5.75. The van der Waals surface area contributed by atoms with Crippen molar-refractivity contribution in [1.29, 1.82) is 0 Å². The molecule has 3 aromatic carbocycles. The molecular formula is C21H23NO. The van der Waals surface area contributed by atoms with Crippen molar-refractivity contribution in [3.8, 4) is 5.75 Å². The Morgan fingerprint density at radius 3 is 2.61 bits per heavy atom. The van der Waals surface area contributed by atoms with Gasteiger partial charge in [0.15, 0.2) is 0 Å². The van der Waals surface area contributed by atoms with Crippen molar-refractivity contribution in [2.24, 2.45) is 0 Å². The van der Waals surface area contributed by atoms with Crippen LogP contribution in [0.3, 0.4) is 0 Å². The summed E-state index contributed by atoms with van der Waals surface area (Å²) in [5, 5.41) is 6.23. The Balaban J connectivity index is 1.74. The number of rotatable bonds is 6. The minimum Gasteiger partial charge on any atom is -0.494 e. The van der Waals surface area contributed by atoms with Crippen LogP contribution in [-0.2, 0) is 6.54 Å². The van der Waals surface area contributed by atoms with Gasteiger partial charge in [0.05, 0.1) is 6.61 Å². The molecule has 1 atom stereocenters. The third-order valence-corrected chi connectivity index (χ3v) is 4.11. The number of nitrogens with one attached hydrogen (secondary N) is 1. The van der Waals surface area contributed by atoms with Gasteiger partial charge in [-0.3, -0.25) is 0 Å². The molecule has 1 N–H and O–H groups in total. The highest BCUT2D eigenvalue weighted by molar-refractivity contribution is 5.86. The first-order valence-corrected chi connectivity index (χ1v) is 8.20. The molecule has 0 aromatic heterocycles. The number of hydrogen-bond donors (Lipinski definition) is 1. The molecular weight excluding hydrogens is 282 g/mol. The average Bonchev–Trinajstić information content (AvgIpc) is 2.60. The summed E-state index contributed by atoms with van der Waals surface area (Å²) in [4.78, 5) is 0. The average molecular weight is 305 g/mol. The van der Waals surface area contributed by atoms with Crippen LogP contribution in [0.15, 0.2) is 66.7 Å². The molecule has 0 fully saturated rings. The topological polar surface area (TPSA) is 21.3 Å². The van der Waals surface area contributed by atoms with Gasteiger partial charge in [-0.2, -0.15) is 0 Å². The standard InChI is InChI=1S/C21H23NO/c1-3-23-19-11-6-8-17(14-19)15-22-16(2)20-13-7-10-18-9-4-5-12-21(18)20/h4-14,16,22H,3,15H2,1-2H3. The molecule has 0 spiro atoms. The van der Waals surface area contributed by atoms with Crippen molar-refractivity contribution in [3.05, 3.63) is 77.9 Å². The largest absolute Gasteiger partial charge is 0.494 e. The van der Waals surface area contributed by atoms with E-state index in [1.165, 1.54) is 21.9 Å². The lowest BCUT2D eigenvalue weighted by atomic mass is 9.99. The fourth-order valence-electron chi connectivity index (χ4n) is 2.92. The molecule has 0 saturated carbocycles. The minimum absolute atomic E-state index is 0.289. The van der Waals surface area contributed by atoms with Crippen LogP contribution < -0.4 is 10.1 Å². The van der Waals surface area contributed by atoms with Crippen molar-refractivity contribution < 1.29 is 4.74 Å². The molecule has 0 saturated heterocycles. The van der Waals surface area contributed by atoms with Gasteiger partial charge in [0, 0.05) is 12.6 Å². The maximum Gasteiger partial charge on any atom is 0.119 e. The first-order valence-electron chi connectivity index (χ1n) is 8.20. The van der Waals surface area contributed by atoms with E-state index in [2.05, 4.69) is 66.8 Å². The SMILES string of the molecule is CCOc1cccc(CNC(C)c2cccc3ccccc23)c1. The predicted molar refractivity (Wildman–Crippen MR) is 96.8 cm³/mol. The number of benzene rings is 3. The van der Waals surface area contributed by atoms with Gasteiger partial charge in [-0.15, -0.1) is 0 Å². The fraction of sp³-hybridized carbons (Fsp3) is 0.238. The highest BCUT2D eigenvalue weighted by Gasteiger charge is 2.08. The maximum absolute atomic E-state index is 5.57. The maximum atomic E-state index is 5.57. The molecule has 0 amide bonds. The van der Waals surface area contributed by atoms with Crippen molar-refractivity contribution >= 4 is 10.8 Å². The molecule has 0 bridgehead atoms. The van der Waals surface area contributed by atoms with Crippen LogP contribution >= 0.6 is 0 Å². The van der Waals surface area contributed by atoms with E-state index in [1.807, 2.05) is 19.1 Å². The Bertz CT molecular complexity index is 776. The van der Waals surface area contributed by atoms with E-state index in [4.69, 9.17) is 4.74 Å². The van der Waals surface area contributed by atoms with Crippen molar-refractivity contribution in [2.45, 2.75) is 26.4 Å². The molecule has 0 radical (unpaired) electrons. The number of hydrogen-bond acceptors (Lipinski definition) is 2. The van der Waals surface area contributed by atoms with Gasteiger partial charge in [0.1, 0.15) is 5.75 Å². The highest BCUT2D eigenvalue weighted by Crippen LogP contribution is 2.24. The fourth-order valence-corrected chi connectivity index (χ4v) is 2.92. The molecule has 3 rings (SSSR count). The van der Waals surface area contributed by atoms with Gasteiger partial charge < -0.3 is 10.1 Å². The molecule has 0 aliphatic rings. The second kappa shape index (κ2) is 7.30. The van der Waals surface area contributed by atoms with E-state index in [1.54, 1.807) is 0 Å². The monoisotopic (exact) mass is 305 g/mol. The van der Waals surface area contributed by atoms with E-state index < -0.39 is 0 Å². The summed E-state index contributed by atoms with van der Waals surface area (Å²) >= 11 is 0. The lowest BCUT2D eigenvalue weighted by Crippen LogP contribution is -2.18. The van der Waals surface area contributed by atoms with Gasteiger partial charge >= 0.3 is 0 Å². The predicted octanol–water partition coefficient (Wildman–Crippen LogP) is 5.09. The zero-order chi connectivity index (χ0) is 16.1. The Hall–Kier alpha value is -2.32. The van der Waals surface area contributed by atoms with Crippen molar-refractivity contribution in [3.63, 3.8) is 0 Å². The van der Waals surface area contributed by atoms with Crippen molar-refractivity contribution in [1.82, 2.24) is 5.32 Å². The molecule has 23 heavy (non-hydrogen) atoms. The molecule has 0 heterocycles. The van der Waals surface area contributed by atoms with Gasteiger partial charge in [-0.1, -0.05) is 54.6 Å². The van der Waals surface area contributed by atoms with Crippen LogP contribution in [0.2, 0.25) is 0 Å². The quantitative estimate of drug-likeness (QED) is 0.685. The van der Waals surface area contributed by atoms with E-state index >= 15 is 0 Å². The number of ether oxygens (including phenoxy) is 1. The Morgan fingerprint density at radius 1 is 0.957 bits per heavy atom. The zero-order valence-electron chi connectivity index (χ0n) is 13.8. The van der Waals surface area contributed by atoms with Crippen LogP contribution in [-0.4, -0.2) is 6.61 Å². The van der Waals surface area contributed by atoms with Gasteiger partial charge in [0.2, 0.25) is 0 Å². The number of fused-ring (bicyclic) bond motifs is 1. The zero-order valence-corrected chi connectivity index (χ0v) is 13.8. The second-order valence-corrected chi connectivity index (χ2v) is 5.75. The van der Waals surface area contributed by atoms with E-state index in [0.717, 1.165) is 12.3 Å². The molecule has 0 aliphatic carbocycles. The molecule has 1 unspecified atom stereocenters. The van der Waals surface area contributed by atoms with Crippen molar-refractivity contribution in [2.75, 3.05) is 6.61 Å². The molecule has 2 nitrogen and oxygen atoms in total. The minimum atomic E-state index is 0.289. The Labute approximate surface area is 138 Å². The third-order valence-electron chi connectivity index (χ3n) is 4.11. The van der Waals surface area contributed by atoms with Crippen LogP contribution in [0.4, 0.5) is 0 Å². The third kappa shape index (κ3) is 3.72. The summed E-state index contributed by atoms with van der Waals surface area (Å²) in [7, 11) is 0. The summed E-state index contributed by atoms with van der Waals surface area (Å²) in [6.45, 7) is 5.75. The van der Waals surface area contributed by atoms with E-state index in [-0.39, 0.29) is 6.04 Å². The summed E-state index contributed by atoms with van der Waals surface area (Å²) in [5.74, 6) is 0.935. The van der Waals surface area contributed by atoms with E-state index in [9.17, 15) is 0 Å². The summed E-state index contributed by atoms with van der Waals surface area (Å²) in [6.07, 6.45) is 0. The summed E-state index contributed by atoms with van der Waals surface area (Å²) in [6, 6.07) is 23.6. The van der Waals surface area contributed by atoms with Crippen LogP contribution in [0.5, 0.6) is 5.75 Å². The normalized spacial score (nSPS) is 12.3. The Morgan fingerprint density at radius 2 is 1.74 bits per heavy atom. The Kier molecular flexibility index (Phi) is 4.94. The smallest absolute Gasteiger partial charge is 0.119 e. The van der Waals surface area contributed by atoms with Gasteiger partial charge in [-0.25, -0.2) is 0 Å². The van der Waals surface area contributed by atoms with Crippen LogP contribution in [0.1, 0.15) is 31.0 Å². The van der Waals surface area contributed by atoms with E-state index in [0.29, 0.717) is 6.61 Å². The highest BCUT2D eigenvalue weighted by atomic mass is 16.5. The first-order chi connectivity index (χ1) is 11.3. The summed E-state index contributed by atoms with van der Waals surface area (Å²) in [5.41, 5.74) is 2.58. The van der Waals surface area contributed by atoms with Crippen LogP contribution in [0, 0.1) is 0 Å². The molecule has 3 aromatic rings. The van der Waals surface area contributed by atoms with Gasteiger partial charge in [0.25, 0.3) is 0 Å². The lowest BCUT2D eigenvalue weighted by Gasteiger charge is -2.17. The molecule has 2 heteroatoms. The van der Waals surface area contributed by atoms with Gasteiger partial charge in [-0.05, 0) is 47.9 Å². The molecule has 118 valence electrons. The molecule has 0 aliphatic heterocycles. The lowest BCUT2D eigenvalue weighted by molar-refractivity contribution is 0.339. The van der Waals surface area contributed by atoms with Crippen LogP contribution in [0.25, 0.3) is 10.8 Å².